The summed E-state index contributed by atoms with van der Waals surface area (Å²) in [4.78, 5) is 22.0. The van der Waals surface area contributed by atoms with Gasteiger partial charge in [-0.15, -0.1) is 0 Å². The van der Waals surface area contributed by atoms with Gasteiger partial charge in [-0.05, 0) is 29.8 Å². The fraction of sp³-hybridized carbons (Fsp3) is 0.167. The summed E-state index contributed by atoms with van der Waals surface area (Å²) < 4.78 is 0. The molecule has 0 aliphatic rings. The van der Waals surface area contributed by atoms with E-state index in [1.807, 2.05) is 0 Å². The van der Waals surface area contributed by atoms with Crippen LogP contribution in [0.3, 0.4) is 0 Å². The summed E-state index contributed by atoms with van der Waals surface area (Å²) in [5.74, 6) is -1.97. The van der Waals surface area contributed by atoms with Gasteiger partial charge in [-0.2, -0.15) is 0 Å². The minimum absolute atomic E-state index is 0.408. The fourth-order valence-electron chi connectivity index (χ4n) is 1.21. The molecule has 0 spiro atoms. The number of carboxylic acid groups (broad SMARTS) is 1. The number of amides is 1. The van der Waals surface area contributed by atoms with Crippen LogP contribution in [0.25, 0.3) is 6.08 Å². The third kappa shape index (κ3) is 4.90. The van der Waals surface area contributed by atoms with Gasteiger partial charge in [0.25, 0.3) is 0 Å². The van der Waals surface area contributed by atoms with E-state index in [4.69, 9.17) is 33.4 Å². The van der Waals surface area contributed by atoms with Gasteiger partial charge < -0.3 is 15.5 Å². The molecule has 0 saturated heterocycles. The van der Waals surface area contributed by atoms with Crippen molar-refractivity contribution in [2.75, 3.05) is 6.61 Å². The molecule has 0 saturated carbocycles. The molecule has 0 radical (unpaired) electrons. The second kappa shape index (κ2) is 7.13. The van der Waals surface area contributed by atoms with Crippen molar-refractivity contribution in [3.63, 3.8) is 0 Å². The Morgan fingerprint density at radius 3 is 2.63 bits per heavy atom. The first-order chi connectivity index (χ1) is 8.93. The highest BCUT2D eigenvalue weighted by Crippen LogP contribution is 2.21. The molecule has 0 bridgehead atoms. The number of nitrogens with one attached hydrogen (secondary N) is 1. The normalized spacial score (nSPS) is 12.4. The Hall–Kier alpha value is -1.56. The van der Waals surface area contributed by atoms with Crippen LogP contribution in [0.2, 0.25) is 10.0 Å². The average Bonchev–Trinajstić information content (AvgIpc) is 2.36. The molecule has 7 heteroatoms. The van der Waals surface area contributed by atoms with Crippen molar-refractivity contribution >= 4 is 41.2 Å². The van der Waals surface area contributed by atoms with Crippen LogP contribution in [0.5, 0.6) is 0 Å². The summed E-state index contributed by atoms with van der Waals surface area (Å²) in [6, 6.07) is 3.41. The second-order valence-electron chi connectivity index (χ2n) is 3.58. The van der Waals surface area contributed by atoms with Gasteiger partial charge in [0.15, 0.2) is 6.04 Å². The van der Waals surface area contributed by atoms with Gasteiger partial charge in [-0.3, -0.25) is 4.79 Å². The van der Waals surface area contributed by atoms with Crippen LogP contribution < -0.4 is 5.32 Å². The first kappa shape index (κ1) is 15.5. The maximum atomic E-state index is 11.4. The molecule has 1 aromatic carbocycles. The van der Waals surface area contributed by atoms with Crippen LogP contribution >= 0.6 is 23.2 Å². The molecule has 0 aliphatic carbocycles. The van der Waals surface area contributed by atoms with Crippen molar-refractivity contribution in [3.05, 3.63) is 39.9 Å². The quantitative estimate of drug-likeness (QED) is 0.721. The van der Waals surface area contributed by atoms with Gasteiger partial charge >= 0.3 is 5.97 Å². The summed E-state index contributed by atoms with van der Waals surface area (Å²) >= 11 is 11.7. The van der Waals surface area contributed by atoms with Crippen LogP contribution in [0.15, 0.2) is 24.3 Å². The molecule has 1 aromatic rings. The zero-order valence-corrected chi connectivity index (χ0v) is 11.1. The Kier molecular flexibility index (Phi) is 5.82. The van der Waals surface area contributed by atoms with Gasteiger partial charge in [-0.25, -0.2) is 4.79 Å². The zero-order chi connectivity index (χ0) is 14.4. The molecule has 0 fully saturated rings. The lowest BCUT2D eigenvalue weighted by atomic mass is 10.2. The summed E-state index contributed by atoms with van der Waals surface area (Å²) in [7, 11) is 0. The van der Waals surface area contributed by atoms with Crippen molar-refractivity contribution in [1.82, 2.24) is 5.32 Å². The topological polar surface area (TPSA) is 86.6 Å². The highest BCUT2D eigenvalue weighted by Gasteiger charge is 2.17. The van der Waals surface area contributed by atoms with Gasteiger partial charge in [0, 0.05) is 16.1 Å². The Bertz CT molecular complexity index is 516. The fourth-order valence-corrected chi connectivity index (χ4v) is 1.57. The Balaban J connectivity index is 2.73. The molecule has 102 valence electrons. The average molecular weight is 304 g/mol. The van der Waals surface area contributed by atoms with E-state index in [2.05, 4.69) is 5.32 Å². The van der Waals surface area contributed by atoms with Gasteiger partial charge in [0.1, 0.15) is 0 Å². The standard InChI is InChI=1S/C12H11Cl2NO4/c13-8-2-3-9(14)7(5-8)1-4-11(17)15-10(6-16)12(18)19/h1-5,10,16H,6H2,(H,15,17)(H,18,19)/b4-1+/t10-/m0/s1. The van der Waals surface area contributed by atoms with Crippen molar-refractivity contribution in [2.45, 2.75) is 6.04 Å². The highest BCUT2D eigenvalue weighted by molar-refractivity contribution is 6.34. The van der Waals surface area contributed by atoms with Crippen LogP contribution in [0, 0.1) is 0 Å². The smallest absolute Gasteiger partial charge is 0.328 e. The van der Waals surface area contributed by atoms with Gasteiger partial charge in [0.05, 0.1) is 6.61 Å². The van der Waals surface area contributed by atoms with Gasteiger partial charge in [0.2, 0.25) is 5.91 Å². The summed E-state index contributed by atoms with van der Waals surface area (Å²) in [5.41, 5.74) is 0.528. The molecular weight excluding hydrogens is 293 g/mol. The molecule has 3 N–H and O–H groups in total. The molecule has 1 atom stereocenters. The molecule has 0 aliphatic heterocycles. The van der Waals surface area contributed by atoms with Crippen LogP contribution in [0.1, 0.15) is 5.56 Å². The predicted molar refractivity (Wildman–Crippen MR) is 72.1 cm³/mol. The molecule has 5 nitrogen and oxygen atoms in total. The molecule has 19 heavy (non-hydrogen) atoms. The number of carbonyl (C=O) groups is 2. The number of aliphatic carboxylic acids is 1. The first-order valence-corrected chi connectivity index (χ1v) is 5.97. The number of halogens is 2. The Morgan fingerprint density at radius 1 is 1.37 bits per heavy atom. The number of aliphatic hydroxyl groups is 1. The monoisotopic (exact) mass is 303 g/mol. The van der Waals surface area contributed by atoms with Crippen molar-refractivity contribution in [3.8, 4) is 0 Å². The van der Waals surface area contributed by atoms with Crippen LogP contribution in [-0.2, 0) is 9.59 Å². The molecule has 0 unspecified atom stereocenters. The number of carboxylic acids is 1. The van der Waals surface area contributed by atoms with Crippen LogP contribution in [0.4, 0.5) is 0 Å². The van der Waals surface area contributed by atoms with Gasteiger partial charge in [-0.1, -0.05) is 23.2 Å². The lowest BCUT2D eigenvalue weighted by Crippen LogP contribution is -2.42. The van der Waals surface area contributed by atoms with E-state index in [9.17, 15) is 9.59 Å². The third-order valence-electron chi connectivity index (χ3n) is 2.17. The lowest BCUT2D eigenvalue weighted by molar-refractivity contribution is -0.142. The number of hydrogen-bond donors (Lipinski definition) is 3. The number of carbonyl (C=O) groups excluding carboxylic acids is 1. The van der Waals surface area contributed by atoms with E-state index in [1.165, 1.54) is 6.08 Å². The van der Waals surface area contributed by atoms with Crippen molar-refractivity contribution < 1.29 is 19.8 Å². The maximum absolute atomic E-state index is 11.4. The largest absolute Gasteiger partial charge is 0.480 e. The highest BCUT2D eigenvalue weighted by atomic mass is 35.5. The van der Waals surface area contributed by atoms with E-state index in [0.717, 1.165) is 6.08 Å². The van der Waals surface area contributed by atoms with Crippen molar-refractivity contribution in [2.24, 2.45) is 0 Å². The molecule has 0 aromatic heterocycles. The lowest BCUT2D eigenvalue weighted by Gasteiger charge is -2.09. The van der Waals surface area contributed by atoms with Crippen LogP contribution in [-0.4, -0.2) is 34.7 Å². The molecule has 1 rings (SSSR count). The Labute approximate surface area is 119 Å². The summed E-state index contributed by atoms with van der Waals surface area (Å²) in [6.07, 6.45) is 2.52. The van der Waals surface area contributed by atoms with Crippen molar-refractivity contribution in [1.29, 1.82) is 0 Å². The Morgan fingerprint density at radius 2 is 2.05 bits per heavy atom. The minimum Gasteiger partial charge on any atom is -0.480 e. The first-order valence-electron chi connectivity index (χ1n) is 5.21. The molecule has 1 amide bonds. The van der Waals surface area contributed by atoms with E-state index in [1.54, 1.807) is 18.2 Å². The number of benzene rings is 1. The minimum atomic E-state index is -1.34. The van der Waals surface area contributed by atoms with E-state index in [-0.39, 0.29) is 0 Å². The second-order valence-corrected chi connectivity index (χ2v) is 4.42. The number of hydrogen-bond acceptors (Lipinski definition) is 3. The predicted octanol–water partition coefficient (Wildman–Crippen LogP) is 1.57. The summed E-state index contributed by atoms with van der Waals surface area (Å²) in [6.45, 7) is -0.688. The molecular formula is C12H11Cl2NO4. The number of aliphatic hydroxyl groups excluding tert-OH is 1. The van der Waals surface area contributed by atoms with E-state index >= 15 is 0 Å². The SMILES string of the molecule is O=C(/C=C/c1cc(Cl)ccc1Cl)N[C@@H](CO)C(=O)O. The number of rotatable bonds is 5. The zero-order valence-electron chi connectivity index (χ0n) is 9.64. The van der Waals surface area contributed by atoms with E-state index < -0.39 is 24.5 Å². The van der Waals surface area contributed by atoms with E-state index in [0.29, 0.717) is 15.6 Å². The molecule has 0 heterocycles. The maximum Gasteiger partial charge on any atom is 0.328 e. The third-order valence-corrected chi connectivity index (χ3v) is 2.75. The summed E-state index contributed by atoms with van der Waals surface area (Å²) in [5, 5.41) is 20.4.